The molecule has 0 spiro atoms. The van der Waals surface area contributed by atoms with Crippen LogP contribution in [0.5, 0.6) is 0 Å². The highest BCUT2D eigenvalue weighted by molar-refractivity contribution is 14.2. The summed E-state index contributed by atoms with van der Waals surface area (Å²) < 4.78 is 12.1. The minimum absolute atomic E-state index is 0.114. The number of hydrogen-bond acceptors (Lipinski definition) is 6. The van der Waals surface area contributed by atoms with Crippen LogP contribution in [0.4, 0.5) is 0 Å². The quantitative estimate of drug-likeness (QED) is 0.278. The summed E-state index contributed by atoms with van der Waals surface area (Å²) in [6.45, 7) is 0.767. The minimum Gasteiger partial charge on any atom is -0.468 e. The third-order valence-electron chi connectivity index (χ3n) is 1.95. The average Bonchev–Trinajstić information content (AvgIpc) is 2.60. The number of carbonyl (C=O) groups excluding carboxylic acids is 1. The minimum atomic E-state index is -0.182. The fraction of sp³-hybridized carbons (Fsp3) is 0.833. The molecule has 82 valence electrons. The molecule has 1 heterocycles. The molecule has 0 N–H and O–H groups in total. The number of rotatable bonds is 4. The topological polar surface area (TPSA) is 38.8 Å². The molecule has 1 rings (SSSR count). The second-order valence-electron chi connectivity index (χ2n) is 2.72. The number of carbonyl (C=O) groups is 1. The number of halogens is 2. The summed E-state index contributed by atoms with van der Waals surface area (Å²) >= 11 is 4.24. The summed E-state index contributed by atoms with van der Waals surface area (Å²) in [5.74, 6) is -0.182. The molecule has 1 aliphatic heterocycles. The number of nitrogens with zero attached hydrogens (tertiary/aromatic N) is 1. The highest BCUT2D eigenvalue weighted by atomic mass is 127. The first-order chi connectivity index (χ1) is 6.72. The molecule has 0 radical (unpaired) electrons. The first-order valence-electron chi connectivity index (χ1n) is 3.80. The molecule has 0 aliphatic carbocycles. The molecule has 8 heteroatoms. The molecule has 1 saturated heterocycles. The van der Waals surface area contributed by atoms with E-state index in [1.165, 1.54) is 25.4 Å². The molecule has 0 bridgehead atoms. The van der Waals surface area contributed by atoms with Crippen molar-refractivity contribution in [3.8, 4) is 0 Å². The van der Waals surface area contributed by atoms with Gasteiger partial charge in [-0.15, -0.1) is 0 Å². The summed E-state index contributed by atoms with van der Waals surface area (Å²) in [7, 11) is 4.25. The third-order valence-corrected chi connectivity index (χ3v) is 5.02. The van der Waals surface area contributed by atoms with Gasteiger partial charge in [0.1, 0.15) is 6.04 Å². The van der Waals surface area contributed by atoms with E-state index in [1.54, 1.807) is 0 Å². The van der Waals surface area contributed by atoms with Crippen molar-refractivity contribution in [2.24, 2.45) is 0 Å². The van der Waals surface area contributed by atoms with Crippen molar-refractivity contribution in [1.29, 1.82) is 0 Å². The molecular weight excluding hydrogens is 452 g/mol. The fourth-order valence-electron chi connectivity index (χ4n) is 1.32. The molecule has 14 heavy (non-hydrogen) atoms. The Balaban J connectivity index is 2.53. The molecule has 0 aromatic rings. The largest absolute Gasteiger partial charge is 0.468 e. The highest BCUT2D eigenvalue weighted by Gasteiger charge is 2.38. The van der Waals surface area contributed by atoms with Gasteiger partial charge in [0.15, 0.2) is 0 Å². The number of hydrogen-bond donors (Lipinski definition) is 0. The van der Waals surface area contributed by atoms with Crippen LogP contribution in [0.1, 0.15) is 6.42 Å². The smallest absolute Gasteiger partial charge is 0.324 e. The van der Waals surface area contributed by atoms with Crippen molar-refractivity contribution in [2.75, 3.05) is 13.7 Å². The van der Waals surface area contributed by atoms with Crippen molar-refractivity contribution < 1.29 is 13.7 Å². The van der Waals surface area contributed by atoms with E-state index in [-0.39, 0.29) is 18.1 Å². The Bertz CT molecular complexity index is 210. The molecule has 4 nitrogen and oxygen atoms in total. The van der Waals surface area contributed by atoms with Crippen LogP contribution in [-0.4, -0.2) is 36.1 Å². The van der Waals surface area contributed by atoms with Gasteiger partial charge in [-0.25, -0.2) is 4.31 Å². The van der Waals surface area contributed by atoms with E-state index in [4.69, 9.17) is 8.92 Å². The summed E-state index contributed by atoms with van der Waals surface area (Å²) in [5.41, 5.74) is 0. The van der Waals surface area contributed by atoms with Gasteiger partial charge >= 0.3 is 5.97 Å². The van der Waals surface area contributed by atoms with Crippen LogP contribution in [0.25, 0.3) is 0 Å². The molecule has 0 saturated carbocycles. The van der Waals surface area contributed by atoms with Crippen LogP contribution in [0.3, 0.4) is 0 Å². The maximum Gasteiger partial charge on any atom is 0.324 e. The highest BCUT2D eigenvalue weighted by Crippen LogP contribution is 2.33. The van der Waals surface area contributed by atoms with Crippen molar-refractivity contribution >= 4 is 66.7 Å². The molecular formula is C6H9I2NO3S2. The zero-order valence-corrected chi connectivity index (χ0v) is 13.3. The van der Waals surface area contributed by atoms with Gasteiger partial charge in [0.2, 0.25) is 0 Å². The Kier molecular flexibility index (Phi) is 6.80. The lowest BCUT2D eigenvalue weighted by Crippen LogP contribution is -2.31. The zero-order chi connectivity index (χ0) is 10.6. The molecule has 0 aromatic heterocycles. The van der Waals surface area contributed by atoms with Crippen LogP contribution in [0.15, 0.2) is 0 Å². The van der Waals surface area contributed by atoms with Gasteiger partial charge in [0.05, 0.1) is 22.4 Å². The Hall–Kier alpha value is 1.55. The number of ether oxygens (including phenoxy) is 1. The summed E-state index contributed by atoms with van der Waals surface area (Å²) in [4.78, 5) is 11.4. The standard InChI is InChI=1S/C6H9I2NO3S2/c1-11-6(10)5-2-4(12-14-8)3-9(5)13-7/h4-5H,2-3H2,1H3/t4-,5-/m0/s1. The van der Waals surface area contributed by atoms with Crippen LogP contribution in [0, 0.1) is 0 Å². The van der Waals surface area contributed by atoms with Crippen LogP contribution >= 0.6 is 60.7 Å². The van der Waals surface area contributed by atoms with E-state index in [2.05, 4.69) is 42.4 Å². The van der Waals surface area contributed by atoms with E-state index in [9.17, 15) is 4.79 Å². The molecule has 1 aliphatic rings. The third kappa shape index (κ3) is 3.54. The number of esters is 1. The summed E-state index contributed by atoms with van der Waals surface area (Å²) in [6.07, 6.45) is 0.821. The van der Waals surface area contributed by atoms with Crippen molar-refractivity contribution in [3.05, 3.63) is 0 Å². The fourth-order valence-corrected chi connectivity index (χ4v) is 4.24. The molecule has 0 aromatic carbocycles. The van der Waals surface area contributed by atoms with Gasteiger partial charge in [0, 0.05) is 55.4 Å². The van der Waals surface area contributed by atoms with E-state index in [0.717, 1.165) is 6.54 Å². The lowest BCUT2D eigenvalue weighted by atomic mass is 10.2. The summed E-state index contributed by atoms with van der Waals surface area (Å²) in [5, 5.41) is 0. The van der Waals surface area contributed by atoms with Gasteiger partial charge in [-0.1, -0.05) is 0 Å². The summed E-state index contributed by atoms with van der Waals surface area (Å²) in [6, 6.07) is -0.171. The second kappa shape index (κ2) is 6.99. The van der Waals surface area contributed by atoms with Gasteiger partial charge < -0.3 is 8.92 Å². The normalized spacial score (nSPS) is 27.9. The average molecular weight is 461 g/mol. The van der Waals surface area contributed by atoms with Crippen LogP contribution in [0.2, 0.25) is 0 Å². The van der Waals surface area contributed by atoms with E-state index in [0.29, 0.717) is 6.42 Å². The van der Waals surface area contributed by atoms with Crippen LogP contribution < -0.4 is 0 Å². The second-order valence-corrected chi connectivity index (χ2v) is 5.91. The first-order valence-corrected chi connectivity index (χ1v) is 10.4. The molecule has 0 unspecified atom stereocenters. The molecule has 2 atom stereocenters. The lowest BCUT2D eigenvalue weighted by molar-refractivity contribution is -0.144. The molecule has 0 amide bonds. The predicted octanol–water partition coefficient (Wildman–Crippen LogP) is 2.62. The van der Waals surface area contributed by atoms with Gasteiger partial charge in [-0.2, -0.15) is 0 Å². The maximum atomic E-state index is 11.4. The first kappa shape index (κ1) is 13.6. The molecule has 1 fully saturated rings. The van der Waals surface area contributed by atoms with E-state index < -0.39 is 0 Å². The predicted molar refractivity (Wildman–Crippen MR) is 75.2 cm³/mol. The number of methoxy groups -OCH3 is 1. The van der Waals surface area contributed by atoms with Gasteiger partial charge in [0.25, 0.3) is 0 Å². The van der Waals surface area contributed by atoms with Crippen molar-refractivity contribution in [2.45, 2.75) is 18.6 Å². The maximum absolute atomic E-state index is 11.4. The van der Waals surface area contributed by atoms with Crippen molar-refractivity contribution in [1.82, 2.24) is 4.31 Å². The lowest BCUT2D eigenvalue weighted by Gasteiger charge is -2.16. The Labute approximate surface area is 116 Å². The monoisotopic (exact) mass is 461 g/mol. The Morgan fingerprint density at radius 2 is 2.29 bits per heavy atom. The van der Waals surface area contributed by atoms with E-state index >= 15 is 0 Å². The SMILES string of the molecule is COC(=O)[C@@H]1C[C@H](OSI)CN1SI. The van der Waals surface area contributed by atoms with E-state index in [1.807, 2.05) is 4.31 Å². The van der Waals surface area contributed by atoms with Gasteiger partial charge in [-0.3, -0.25) is 4.79 Å². The van der Waals surface area contributed by atoms with Gasteiger partial charge in [-0.05, 0) is 9.12 Å². The van der Waals surface area contributed by atoms with Crippen LogP contribution in [-0.2, 0) is 13.7 Å². The zero-order valence-electron chi connectivity index (χ0n) is 7.31. The Morgan fingerprint density at radius 3 is 2.79 bits per heavy atom. The Morgan fingerprint density at radius 1 is 1.57 bits per heavy atom. The van der Waals surface area contributed by atoms with Crippen molar-refractivity contribution in [3.63, 3.8) is 0 Å².